The molecule has 0 unspecified atom stereocenters. The molecule has 0 spiro atoms. The molecule has 6 nitrogen and oxygen atoms in total. The number of aromatic nitrogens is 2. The maximum atomic E-state index is 16.2. The summed E-state index contributed by atoms with van der Waals surface area (Å²) in [6.07, 6.45) is 0. The molecule has 0 amide bonds. The Labute approximate surface area is 420 Å². The van der Waals surface area contributed by atoms with Crippen LogP contribution in [0.4, 0.5) is 42.9 Å². The van der Waals surface area contributed by atoms with E-state index in [1.165, 1.54) is 12.1 Å². The summed E-state index contributed by atoms with van der Waals surface area (Å²) in [5, 5.41) is 0. The zero-order chi connectivity index (χ0) is 49.2. The highest BCUT2D eigenvalue weighted by molar-refractivity contribution is 6.15. The highest BCUT2D eigenvalue weighted by Crippen LogP contribution is 2.63. The van der Waals surface area contributed by atoms with Crippen LogP contribution in [0.25, 0.3) is 56.2 Å². The second-order valence-electron chi connectivity index (χ2n) is 18.5. The predicted octanol–water partition coefficient (Wildman–Crippen LogP) is 17.5. The molecule has 0 aliphatic heterocycles. The standard InChI is InChI=1S/C65H44F2N4O2/c1-41-31-35-47(36-32-41)70(45-23-11-5-12-24-45)55-39-51-57(61-59(55)68-63(72-61)49-27-15-17-29-53(49)66)58-52(65(51,43-19-7-3-8-20-43)44-21-9-4-10-22-44)40-56(60-62(58)73-64(69-60)50-28-16-18-30-54(50)67)71(46-25-13-6-14-26-46)48-37-33-42(2)34-38-48/h3-40H,1-2H3. The van der Waals surface area contributed by atoms with Gasteiger partial charge in [-0.15, -0.1) is 0 Å². The van der Waals surface area contributed by atoms with Gasteiger partial charge < -0.3 is 18.6 Å². The zero-order valence-electron chi connectivity index (χ0n) is 39.8. The highest BCUT2D eigenvalue weighted by Gasteiger charge is 2.51. The summed E-state index contributed by atoms with van der Waals surface area (Å²) in [4.78, 5) is 15.0. The molecule has 350 valence electrons. The fourth-order valence-corrected chi connectivity index (χ4v) is 10.8. The van der Waals surface area contributed by atoms with E-state index in [1.54, 1.807) is 36.4 Å². The molecule has 2 heterocycles. The van der Waals surface area contributed by atoms with Crippen molar-refractivity contribution in [2.24, 2.45) is 0 Å². The van der Waals surface area contributed by atoms with Crippen molar-refractivity contribution in [1.29, 1.82) is 0 Å². The zero-order valence-corrected chi connectivity index (χ0v) is 39.8. The van der Waals surface area contributed by atoms with Gasteiger partial charge in [-0.3, -0.25) is 0 Å². The average Bonchev–Trinajstić information content (AvgIpc) is 4.16. The van der Waals surface area contributed by atoms with E-state index >= 15 is 8.78 Å². The van der Waals surface area contributed by atoms with Crippen molar-refractivity contribution < 1.29 is 17.6 Å². The van der Waals surface area contributed by atoms with Gasteiger partial charge in [-0.25, -0.2) is 18.7 Å². The predicted molar refractivity (Wildman–Crippen MR) is 289 cm³/mol. The van der Waals surface area contributed by atoms with E-state index in [1.807, 2.05) is 48.5 Å². The molecule has 12 aromatic rings. The molecule has 73 heavy (non-hydrogen) atoms. The van der Waals surface area contributed by atoms with Crippen LogP contribution in [0.2, 0.25) is 0 Å². The number of benzene rings is 10. The number of rotatable bonds is 10. The number of hydrogen-bond acceptors (Lipinski definition) is 6. The third-order valence-electron chi connectivity index (χ3n) is 14.1. The van der Waals surface area contributed by atoms with E-state index in [0.717, 1.165) is 56.1 Å². The van der Waals surface area contributed by atoms with Crippen LogP contribution in [0.5, 0.6) is 0 Å². The molecule has 8 heteroatoms. The Balaban J connectivity index is 1.25. The molecular formula is C65H44F2N4O2. The summed E-state index contributed by atoms with van der Waals surface area (Å²) in [6.45, 7) is 4.14. The molecule has 1 aliphatic carbocycles. The summed E-state index contributed by atoms with van der Waals surface area (Å²) in [7, 11) is 0. The first-order valence-electron chi connectivity index (χ1n) is 24.3. The second-order valence-corrected chi connectivity index (χ2v) is 18.5. The van der Waals surface area contributed by atoms with Crippen LogP contribution in [0.3, 0.4) is 0 Å². The molecule has 0 fully saturated rings. The number of fused-ring (bicyclic) bond motifs is 7. The van der Waals surface area contributed by atoms with Crippen LogP contribution in [0.15, 0.2) is 239 Å². The van der Waals surface area contributed by atoms with E-state index in [9.17, 15) is 0 Å². The Kier molecular flexibility index (Phi) is 10.4. The Morgan fingerprint density at radius 2 is 0.712 bits per heavy atom. The van der Waals surface area contributed by atoms with Crippen molar-refractivity contribution in [3.63, 3.8) is 0 Å². The lowest BCUT2D eigenvalue weighted by Crippen LogP contribution is -2.29. The van der Waals surface area contributed by atoms with Crippen LogP contribution in [-0.2, 0) is 5.41 Å². The molecule has 2 aromatic heterocycles. The Morgan fingerprint density at radius 3 is 1.08 bits per heavy atom. The molecule has 0 saturated heterocycles. The average molecular weight is 951 g/mol. The number of halogens is 2. The van der Waals surface area contributed by atoms with Gasteiger partial charge in [-0.1, -0.05) is 157 Å². The van der Waals surface area contributed by atoms with E-state index < -0.39 is 17.0 Å². The summed E-state index contributed by atoms with van der Waals surface area (Å²) in [6, 6.07) is 75.7. The summed E-state index contributed by atoms with van der Waals surface area (Å²) >= 11 is 0. The Bertz CT molecular complexity index is 3740. The van der Waals surface area contributed by atoms with Crippen molar-refractivity contribution in [2.45, 2.75) is 19.3 Å². The third-order valence-corrected chi connectivity index (χ3v) is 14.1. The molecule has 0 atom stereocenters. The number of oxazole rings is 2. The monoisotopic (exact) mass is 950 g/mol. The van der Waals surface area contributed by atoms with Crippen LogP contribution in [-0.4, -0.2) is 9.97 Å². The number of anilines is 6. The number of para-hydroxylation sites is 2. The fourth-order valence-electron chi connectivity index (χ4n) is 10.8. The lowest BCUT2D eigenvalue weighted by molar-refractivity contribution is 0.591. The minimum absolute atomic E-state index is 0.116. The van der Waals surface area contributed by atoms with Crippen LogP contribution >= 0.6 is 0 Å². The lowest BCUT2D eigenvalue weighted by Gasteiger charge is -2.35. The first-order valence-corrected chi connectivity index (χ1v) is 24.3. The van der Waals surface area contributed by atoms with E-state index in [4.69, 9.17) is 18.8 Å². The van der Waals surface area contributed by atoms with Gasteiger partial charge in [-0.2, -0.15) is 0 Å². The van der Waals surface area contributed by atoms with Gasteiger partial charge >= 0.3 is 0 Å². The van der Waals surface area contributed by atoms with Crippen molar-refractivity contribution in [1.82, 2.24) is 9.97 Å². The normalized spacial score (nSPS) is 12.5. The van der Waals surface area contributed by atoms with Gasteiger partial charge in [0.25, 0.3) is 0 Å². The number of hydrogen-bond donors (Lipinski definition) is 0. The Hall–Kier alpha value is -9.40. The smallest absolute Gasteiger partial charge is 0.230 e. The van der Waals surface area contributed by atoms with Crippen molar-refractivity contribution >= 4 is 56.3 Å². The Morgan fingerprint density at radius 1 is 0.384 bits per heavy atom. The molecule has 0 N–H and O–H groups in total. The van der Waals surface area contributed by atoms with Gasteiger partial charge in [0.1, 0.15) is 22.7 Å². The van der Waals surface area contributed by atoms with E-state index in [0.29, 0.717) is 44.7 Å². The summed E-state index contributed by atoms with van der Waals surface area (Å²) in [5.41, 5.74) is 13.5. The van der Waals surface area contributed by atoms with Gasteiger partial charge in [0, 0.05) is 33.9 Å². The van der Waals surface area contributed by atoms with Crippen LogP contribution in [0, 0.1) is 25.5 Å². The summed E-state index contributed by atoms with van der Waals surface area (Å²) < 4.78 is 46.7. The minimum Gasteiger partial charge on any atom is -0.435 e. The van der Waals surface area contributed by atoms with Gasteiger partial charge in [0.05, 0.1) is 27.9 Å². The number of aryl methyl sites for hydroxylation is 2. The maximum absolute atomic E-state index is 16.2. The lowest BCUT2D eigenvalue weighted by atomic mass is 9.67. The minimum atomic E-state index is -1.08. The third kappa shape index (κ3) is 7.05. The van der Waals surface area contributed by atoms with Crippen LogP contribution in [0.1, 0.15) is 33.4 Å². The quantitative estimate of drug-likeness (QED) is 0.136. The highest BCUT2D eigenvalue weighted by atomic mass is 19.1. The molecule has 1 aliphatic rings. The van der Waals surface area contributed by atoms with Crippen LogP contribution < -0.4 is 9.80 Å². The molecule has 0 radical (unpaired) electrons. The second kappa shape index (κ2) is 17.5. The van der Waals surface area contributed by atoms with Gasteiger partial charge in [0.2, 0.25) is 11.8 Å². The summed E-state index contributed by atoms with van der Waals surface area (Å²) in [5.74, 6) is -0.707. The SMILES string of the molecule is Cc1ccc(N(c2ccccc2)c2cc3c(c4oc(-c5ccccc5F)nc24)-c2c(cc(N(c4ccccc4)c4ccc(C)cc4)c4nc(-c5ccccc5F)oc24)C3(c2ccccc2)c2ccccc2)cc1. The first kappa shape index (κ1) is 43.6. The van der Waals surface area contributed by atoms with E-state index in [2.05, 4.69) is 157 Å². The topological polar surface area (TPSA) is 58.5 Å². The fraction of sp³-hybridized carbons (Fsp3) is 0.0462. The van der Waals surface area contributed by atoms with Crippen molar-refractivity contribution in [3.8, 4) is 34.0 Å². The largest absolute Gasteiger partial charge is 0.435 e. The van der Waals surface area contributed by atoms with Gasteiger partial charge in [-0.05, 0) is 121 Å². The molecule has 0 saturated carbocycles. The van der Waals surface area contributed by atoms with Crippen molar-refractivity contribution in [2.75, 3.05) is 9.80 Å². The van der Waals surface area contributed by atoms with E-state index in [-0.39, 0.29) is 22.9 Å². The first-order chi connectivity index (χ1) is 35.9. The molecule has 13 rings (SSSR count). The maximum Gasteiger partial charge on any atom is 0.230 e. The number of nitrogens with zero attached hydrogens (tertiary/aromatic N) is 4. The van der Waals surface area contributed by atoms with Crippen molar-refractivity contribution in [3.05, 3.63) is 276 Å². The molecular weight excluding hydrogens is 907 g/mol. The molecule has 0 bridgehead atoms. The van der Waals surface area contributed by atoms with Gasteiger partial charge in [0.15, 0.2) is 11.2 Å². The molecule has 10 aromatic carbocycles.